The number of hydrogen-bond donors (Lipinski definition) is 2. The van der Waals surface area contributed by atoms with Crippen LogP contribution in [0.1, 0.15) is 33.1 Å². The van der Waals surface area contributed by atoms with Crippen molar-refractivity contribution in [2.45, 2.75) is 45.3 Å². The van der Waals surface area contributed by atoms with Gasteiger partial charge in [-0.25, -0.2) is 4.79 Å². The van der Waals surface area contributed by atoms with E-state index < -0.39 is 11.5 Å². The quantitative estimate of drug-likeness (QED) is 0.539. The van der Waals surface area contributed by atoms with E-state index in [2.05, 4.69) is 24.5 Å². The maximum atomic E-state index is 11.9. The van der Waals surface area contributed by atoms with E-state index in [0.717, 1.165) is 31.5 Å². The number of cyclic esters (lactones) is 1. The highest BCUT2D eigenvalue weighted by atomic mass is 16.5. The molecule has 30 heavy (non-hydrogen) atoms. The van der Waals surface area contributed by atoms with Crippen molar-refractivity contribution in [2.75, 3.05) is 39.5 Å². The Bertz CT molecular complexity index is 755. The third-order valence-electron chi connectivity index (χ3n) is 8.36. The van der Waals surface area contributed by atoms with Gasteiger partial charge in [-0.15, -0.1) is 0 Å². The summed E-state index contributed by atoms with van der Waals surface area (Å²) in [5.41, 5.74) is 1.05. The highest BCUT2D eigenvalue weighted by Crippen LogP contribution is 2.61. The molecule has 0 aromatic carbocycles. The van der Waals surface area contributed by atoms with Crippen LogP contribution < -0.4 is 0 Å². The van der Waals surface area contributed by atoms with Gasteiger partial charge < -0.3 is 19.7 Å². The summed E-state index contributed by atoms with van der Waals surface area (Å²) in [7, 11) is 0. The monoisotopic (exact) mass is 417 g/mol. The average molecular weight is 418 g/mol. The van der Waals surface area contributed by atoms with Crippen LogP contribution in [0.5, 0.6) is 0 Å². The molecular formula is C24H35NO5. The first-order chi connectivity index (χ1) is 14.3. The molecule has 2 N–H and O–H groups in total. The molecule has 0 aromatic rings. The smallest absolute Gasteiger partial charge is 0.338 e. The standard InChI is InChI=1S/C24H35NO5/c1-16-18(5-4-17-7-11-30-22(17)28)23(2)8-6-21(27)24(3,15-26)20(23)14-19(16)25-9-12-29-13-10-25/h4-5,7,18-21,26-27H,1,6,8-15H2,2-3H3/b5-4+/t18?,19?,20?,21-,23+,24-/m0/s1. The number of carbonyl (C=O) groups excluding carboxylic acids is 1. The zero-order valence-corrected chi connectivity index (χ0v) is 18.2. The number of esters is 1. The summed E-state index contributed by atoms with van der Waals surface area (Å²) in [4.78, 5) is 14.4. The van der Waals surface area contributed by atoms with Gasteiger partial charge in [-0.3, -0.25) is 4.90 Å². The number of rotatable bonds is 4. The lowest BCUT2D eigenvalue weighted by Crippen LogP contribution is -2.61. The molecule has 0 bridgehead atoms. The number of aliphatic hydroxyl groups is 2. The van der Waals surface area contributed by atoms with Crippen molar-refractivity contribution in [1.82, 2.24) is 4.90 Å². The summed E-state index contributed by atoms with van der Waals surface area (Å²) in [5.74, 6) is -0.0913. The van der Waals surface area contributed by atoms with Gasteiger partial charge in [-0.05, 0) is 36.7 Å². The fourth-order valence-corrected chi connectivity index (χ4v) is 6.39. The van der Waals surface area contributed by atoms with E-state index in [0.29, 0.717) is 31.8 Å². The molecule has 6 heteroatoms. The van der Waals surface area contributed by atoms with Crippen LogP contribution in [0.25, 0.3) is 0 Å². The zero-order valence-electron chi connectivity index (χ0n) is 18.2. The van der Waals surface area contributed by atoms with E-state index in [1.807, 2.05) is 19.1 Å². The lowest BCUT2D eigenvalue weighted by molar-refractivity contribution is -0.156. The molecule has 6 atom stereocenters. The van der Waals surface area contributed by atoms with Gasteiger partial charge in [0.2, 0.25) is 0 Å². The van der Waals surface area contributed by atoms with Crippen LogP contribution >= 0.6 is 0 Å². The summed E-state index contributed by atoms with van der Waals surface area (Å²) < 4.78 is 10.6. The number of allylic oxidation sites excluding steroid dienone is 1. The first kappa shape index (κ1) is 21.8. The van der Waals surface area contributed by atoms with Crippen molar-refractivity contribution in [3.8, 4) is 0 Å². The molecule has 2 aliphatic heterocycles. The van der Waals surface area contributed by atoms with Crippen molar-refractivity contribution < 1.29 is 24.5 Å². The van der Waals surface area contributed by atoms with Crippen LogP contribution in [-0.2, 0) is 14.3 Å². The van der Waals surface area contributed by atoms with Crippen LogP contribution in [-0.4, -0.2) is 72.7 Å². The summed E-state index contributed by atoms with van der Waals surface area (Å²) in [6.45, 7) is 12.3. The van der Waals surface area contributed by atoms with Gasteiger partial charge in [-0.2, -0.15) is 0 Å². The predicted octanol–water partition coefficient (Wildman–Crippen LogP) is 2.08. The molecule has 2 aliphatic carbocycles. The van der Waals surface area contributed by atoms with Crippen LogP contribution in [0.15, 0.2) is 36.0 Å². The third kappa shape index (κ3) is 3.48. The highest BCUT2D eigenvalue weighted by Gasteiger charge is 2.59. The van der Waals surface area contributed by atoms with Gasteiger partial charge in [0, 0.05) is 30.5 Å². The van der Waals surface area contributed by atoms with Crippen molar-refractivity contribution in [3.05, 3.63) is 36.0 Å². The lowest BCUT2D eigenvalue weighted by Gasteiger charge is -2.62. The Morgan fingerprint density at radius 1 is 1.33 bits per heavy atom. The highest BCUT2D eigenvalue weighted by molar-refractivity contribution is 5.93. The Kier molecular flexibility index (Phi) is 5.96. The maximum Gasteiger partial charge on any atom is 0.338 e. The van der Waals surface area contributed by atoms with E-state index >= 15 is 0 Å². The molecule has 166 valence electrons. The van der Waals surface area contributed by atoms with Crippen molar-refractivity contribution in [1.29, 1.82) is 0 Å². The van der Waals surface area contributed by atoms with Gasteiger partial charge in [-0.1, -0.05) is 38.2 Å². The molecule has 3 fully saturated rings. The van der Waals surface area contributed by atoms with Crippen molar-refractivity contribution >= 4 is 5.97 Å². The van der Waals surface area contributed by atoms with Gasteiger partial charge in [0.15, 0.2) is 0 Å². The minimum Gasteiger partial charge on any atom is -0.458 e. The Morgan fingerprint density at radius 2 is 2.07 bits per heavy atom. The van der Waals surface area contributed by atoms with E-state index in [4.69, 9.17) is 9.47 Å². The van der Waals surface area contributed by atoms with Crippen molar-refractivity contribution in [3.63, 3.8) is 0 Å². The molecule has 0 amide bonds. The fraction of sp³-hybridized carbons (Fsp3) is 0.708. The molecule has 2 heterocycles. The molecule has 0 aromatic heterocycles. The number of fused-ring (bicyclic) bond motifs is 1. The molecule has 0 radical (unpaired) electrons. The Morgan fingerprint density at radius 3 is 2.70 bits per heavy atom. The Balaban J connectivity index is 1.72. The number of carbonyl (C=O) groups is 1. The van der Waals surface area contributed by atoms with Crippen LogP contribution in [0.2, 0.25) is 0 Å². The molecular weight excluding hydrogens is 382 g/mol. The maximum absolute atomic E-state index is 11.9. The van der Waals surface area contributed by atoms with Crippen LogP contribution in [0, 0.1) is 22.7 Å². The van der Waals surface area contributed by atoms with Gasteiger partial charge >= 0.3 is 5.97 Å². The summed E-state index contributed by atoms with van der Waals surface area (Å²) in [5, 5.41) is 21.2. The number of morpholine rings is 1. The molecule has 4 aliphatic rings. The number of nitrogens with zero attached hydrogens (tertiary/aromatic N) is 1. The van der Waals surface area contributed by atoms with Crippen molar-refractivity contribution in [2.24, 2.45) is 22.7 Å². The lowest BCUT2D eigenvalue weighted by atomic mass is 9.45. The van der Waals surface area contributed by atoms with Gasteiger partial charge in [0.25, 0.3) is 0 Å². The normalized spacial score (nSPS) is 42.9. The second-order valence-corrected chi connectivity index (χ2v) is 9.85. The molecule has 0 spiro atoms. The topological polar surface area (TPSA) is 79.2 Å². The van der Waals surface area contributed by atoms with E-state index in [9.17, 15) is 15.0 Å². The Labute approximate surface area is 179 Å². The largest absolute Gasteiger partial charge is 0.458 e. The second kappa shape index (κ2) is 8.23. The van der Waals surface area contributed by atoms with E-state index in [-0.39, 0.29) is 35.9 Å². The second-order valence-electron chi connectivity index (χ2n) is 9.85. The zero-order chi connectivity index (χ0) is 21.5. The first-order valence-corrected chi connectivity index (χ1v) is 11.2. The molecule has 6 nitrogen and oxygen atoms in total. The molecule has 1 saturated heterocycles. The predicted molar refractivity (Wildman–Crippen MR) is 114 cm³/mol. The number of hydrogen-bond acceptors (Lipinski definition) is 6. The Hall–Kier alpha value is -1.47. The number of ether oxygens (including phenoxy) is 2. The average Bonchev–Trinajstić information content (AvgIpc) is 3.16. The first-order valence-electron chi connectivity index (χ1n) is 11.2. The number of aliphatic hydroxyl groups excluding tert-OH is 2. The summed E-state index contributed by atoms with van der Waals surface area (Å²) >= 11 is 0. The molecule has 3 unspecified atom stereocenters. The molecule has 2 saturated carbocycles. The van der Waals surface area contributed by atoms with Gasteiger partial charge in [0.05, 0.1) is 31.5 Å². The van der Waals surface area contributed by atoms with Crippen LogP contribution in [0.3, 0.4) is 0 Å². The summed E-state index contributed by atoms with van der Waals surface area (Å²) in [6.07, 6.45) is 7.70. The summed E-state index contributed by atoms with van der Waals surface area (Å²) in [6, 6.07) is 0.169. The minimum absolute atomic E-state index is 0.0371. The fourth-order valence-electron chi connectivity index (χ4n) is 6.39. The van der Waals surface area contributed by atoms with E-state index in [1.165, 1.54) is 0 Å². The van der Waals surface area contributed by atoms with Crippen LogP contribution in [0.4, 0.5) is 0 Å². The third-order valence-corrected chi connectivity index (χ3v) is 8.36. The minimum atomic E-state index is -0.560. The van der Waals surface area contributed by atoms with E-state index in [1.54, 1.807) is 0 Å². The van der Waals surface area contributed by atoms with Gasteiger partial charge in [0.1, 0.15) is 6.61 Å². The SMILES string of the molecule is C=C1C(N2CCOCC2)CC2[C@](C)(CC[C@H](O)[C@@]2(C)CO)C1/C=C/C1=CCOC1=O. The molecule has 4 rings (SSSR count).